The Hall–Kier alpha value is -2.93. The molecule has 2 atom stereocenters. The van der Waals surface area contributed by atoms with E-state index in [9.17, 15) is 14.7 Å². The second-order valence-electron chi connectivity index (χ2n) is 7.40. The molecule has 0 aliphatic carbocycles. The largest absolute Gasteiger partial charge is 0.480 e. The number of pyridine rings is 1. The highest BCUT2D eigenvalue weighted by Gasteiger charge is 2.21. The Labute approximate surface area is 171 Å². The Morgan fingerprint density at radius 1 is 1.10 bits per heavy atom. The van der Waals surface area contributed by atoms with Crippen LogP contribution in [0.1, 0.15) is 31.4 Å². The average Bonchev–Trinajstić information content (AvgIpc) is 2.70. The van der Waals surface area contributed by atoms with Crippen LogP contribution in [0, 0.1) is 5.92 Å². The molecule has 0 aliphatic rings. The van der Waals surface area contributed by atoms with Crippen molar-refractivity contribution in [1.29, 1.82) is 0 Å². The summed E-state index contributed by atoms with van der Waals surface area (Å²) in [7, 11) is 0. The highest BCUT2D eigenvalue weighted by molar-refractivity contribution is 5.74. The van der Waals surface area contributed by atoms with Crippen LogP contribution in [-0.4, -0.2) is 40.8 Å². The predicted molar refractivity (Wildman–Crippen MR) is 110 cm³/mol. The zero-order valence-corrected chi connectivity index (χ0v) is 16.9. The normalized spacial score (nSPS) is 12.9. The third-order valence-corrected chi connectivity index (χ3v) is 4.36. The topological polar surface area (TPSA) is 101 Å². The number of hydrogen-bond acceptors (Lipinski definition) is 5. The van der Waals surface area contributed by atoms with E-state index in [-0.39, 0.29) is 12.6 Å². The van der Waals surface area contributed by atoms with Crippen molar-refractivity contribution in [2.75, 3.05) is 6.54 Å². The number of aromatic nitrogens is 1. The quantitative estimate of drug-likeness (QED) is 0.537. The van der Waals surface area contributed by atoms with E-state index in [4.69, 9.17) is 4.74 Å². The number of carboxylic acid groups (broad SMARTS) is 1. The molecule has 0 unspecified atom stereocenters. The molecule has 7 heteroatoms. The molecule has 156 valence electrons. The van der Waals surface area contributed by atoms with Gasteiger partial charge in [-0.25, -0.2) is 4.79 Å². The van der Waals surface area contributed by atoms with Crippen LogP contribution >= 0.6 is 0 Å². The number of ether oxygens (including phenoxy) is 1. The molecule has 0 aliphatic heterocycles. The number of nitrogens with zero attached hydrogens (tertiary/aromatic N) is 1. The monoisotopic (exact) mass is 399 g/mol. The van der Waals surface area contributed by atoms with Gasteiger partial charge in [-0.1, -0.05) is 50.2 Å². The third kappa shape index (κ3) is 8.74. The van der Waals surface area contributed by atoms with E-state index in [1.54, 1.807) is 18.5 Å². The second-order valence-corrected chi connectivity index (χ2v) is 7.40. The molecule has 0 saturated heterocycles. The summed E-state index contributed by atoms with van der Waals surface area (Å²) in [6, 6.07) is 12.1. The summed E-state index contributed by atoms with van der Waals surface area (Å²) in [5, 5.41) is 15.4. The molecule has 3 N–H and O–H groups in total. The molecule has 1 amide bonds. The molecule has 2 aromatic rings. The lowest BCUT2D eigenvalue weighted by Crippen LogP contribution is -2.48. The van der Waals surface area contributed by atoms with Gasteiger partial charge in [0.25, 0.3) is 0 Å². The number of carbonyl (C=O) groups excluding carboxylic acids is 1. The Morgan fingerprint density at radius 3 is 2.45 bits per heavy atom. The van der Waals surface area contributed by atoms with E-state index in [1.807, 2.05) is 50.2 Å². The lowest BCUT2D eigenvalue weighted by Gasteiger charge is -2.23. The molecule has 0 saturated carbocycles. The maximum atomic E-state index is 12.2. The fourth-order valence-corrected chi connectivity index (χ4v) is 2.98. The van der Waals surface area contributed by atoms with Crippen LogP contribution in [-0.2, 0) is 22.6 Å². The van der Waals surface area contributed by atoms with Gasteiger partial charge in [0, 0.05) is 25.0 Å². The molecule has 29 heavy (non-hydrogen) atoms. The number of amides is 1. The second kappa shape index (κ2) is 11.8. The van der Waals surface area contributed by atoms with E-state index in [2.05, 4.69) is 15.6 Å². The van der Waals surface area contributed by atoms with Gasteiger partial charge in [-0.05, 0) is 36.0 Å². The smallest absolute Gasteiger partial charge is 0.407 e. The summed E-state index contributed by atoms with van der Waals surface area (Å²) in [4.78, 5) is 27.8. The zero-order valence-electron chi connectivity index (χ0n) is 16.9. The van der Waals surface area contributed by atoms with Crippen LogP contribution in [0.4, 0.5) is 4.79 Å². The number of nitrogens with one attached hydrogen (secondary N) is 2. The summed E-state index contributed by atoms with van der Waals surface area (Å²) < 4.78 is 5.29. The number of rotatable bonds is 11. The van der Waals surface area contributed by atoms with Gasteiger partial charge < -0.3 is 20.5 Å². The van der Waals surface area contributed by atoms with E-state index >= 15 is 0 Å². The van der Waals surface area contributed by atoms with Gasteiger partial charge in [0.2, 0.25) is 0 Å². The molecule has 0 fully saturated rings. The number of hydrogen-bond donors (Lipinski definition) is 3. The maximum absolute atomic E-state index is 12.2. The first kappa shape index (κ1) is 22.4. The van der Waals surface area contributed by atoms with Gasteiger partial charge in [-0.2, -0.15) is 0 Å². The Morgan fingerprint density at radius 2 is 1.83 bits per heavy atom. The SMILES string of the molecule is CC(C)C[C@@H](CN[C@@H](Cc1cccnc1)C(=O)O)NC(=O)OCc1ccccc1. The van der Waals surface area contributed by atoms with Gasteiger partial charge in [-0.3, -0.25) is 9.78 Å². The molecular formula is C22H29N3O4. The Balaban J connectivity index is 1.88. The van der Waals surface area contributed by atoms with Crippen LogP contribution in [0.25, 0.3) is 0 Å². The number of benzene rings is 1. The van der Waals surface area contributed by atoms with Crippen LogP contribution < -0.4 is 10.6 Å². The summed E-state index contributed by atoms with van der Waals surface area (Å²) >= 11 is 0. The molecular weight excluding hydrogens is 370 g/mol. The van der Waals surface area contributed by atoms with Crippen LogP contribution in [0.3, 0.4) is 0 Å². The van der Waals surface area contributed by atoms with Crippen molar-refractivity contribution in [3.05, 3.63) is 66.0 Å². The van der Waals surface area contributed by atoms with Gasteiger partial charge in [0.05, 0.1) is 0 Å². The Bertz CT molecular complexity index is 753. The van der Waals surface area contributed by atoms with Crippen molar-refractivity contribution in [3.8, 4) is 0 Å². The minimum absolute atomic E-state index is 0.188. The lowest BCUT2D eigenvalue weighted by atomic mass is 10.0. The van der Waals surface area contributed by atoms with Crippen molar-refractivity contribution in [2.24, 2.45) is 5.92 Å². The molecule has 0 radical (unpaired) electrons. The predicted octanol–water partition coefficient (Wildman–Crippen LogP) is 3.01. The average molecular weight is 399 g/mol. The van der Waals surface area contributed by atoms with E-state index in [1.165, 1.54) is 0 Å². The Kier molecular flexibility index (Phi) is 9.11. The molecule has 0 spiro atoms. The lowest BCUT2D eigenvalue weighted by molar-refractivity contribution is -0.139. The number of carbonyl (C=O) groups is 2. The van der Waals surface area contributed by atoms with Crippen LogP contribution in [0.2, 0.25) is 0 Å². The fourth-order valence-electron chi connectivity index (χ4n) is 2.98. The molecule has 1 aromatic heterocycles. The van der Waals surface area contributed by atoms with Crippen LogP contribution in [0.15, 0.2) is 54.9 Å². The minimum atomic E-state index is -0.941. The minimum Gasteiger partial charge on any atom is -0.480 e. The van der Waals surface area contributed by atoms with Gasteiger partial charge in [-0.15, -0.1) is 0 Å². The summed E-state index contributed by atoms with van der Waals surface area (Å²) in [6.45, 7) is 4.62. The highest BCUT2D eigenvalue weighted by atomic mass is 16.5. The maximum Gasteiger partial charge on any atom is 0.407 e. The first-order valence-electron chi connectivity index (χ1n) is 9.76. The summed E-state index contributed by atoms with van der Waals surface area (Å²) in [5.41, 5.74) is 1.74. The number of aliphatic carboxylic acids is 1. The van der Waals surface area contributed by atoms with Gasteiger partial charge >= 0.3 is 12.1 Å². The molecule has 7 nitrogen and oxygen atoms in total. The zero-order chi connectivity index (χ0) is 21.1. The van der Waals surface area contributed by atoms with Crippen LogP contribution in [0.5, 0.6) is 0 Å². The molecule has 2 rings (SSSR count). The van der Waals surface area contributed by atoms with Crippen molar-refractivity contribution in [1.82, 2.24) is 15.6 Å². The third-order valence-electron chi connectivity index (χ3n) is 4.36. The van der Waals surface area contributed by atoms with Crippen molar-refractivity contribution < 1.29 is 19.4 Å². The van der Waals surface area contributed by atoms with Crippen molar-refractivity contribution in [2.45, 2.75) is 45.4 Å². The van der Waals surface area contributed by atoms with E-state index < -0.39 is 18.1 Å². The fraction of sp³-hybridized carbons (Fsp3) is 0.409. The summed E-state index contributed by atoms with van der Waals surface area (Å²) in [5.74, 6) is -0.610. The number of carboxylic acids is 1. The number of alkyl carbamates (subject to hydrolysis) is 1. The standard InChI is InChI=1S/C22H29N3O4/c1-16(2)11-19(25-22(28)29-15-17-7-4-3-5-8-17)14-24-20(21(26)27)12-18-9-6-10-23-13-18/h3-10,13,16,19-20,24H,11-12,14-15H2,1-2H3,(H,25,28)(H,26,27)/t19-,20-/m0/s1. The van der Waals surface area contributed by atoms with Gasteiger partial charge in [0.15, 0.2) is 0 Å². The summed E-state index contributed by atoms with van der Waals surface area (Å²) in [6.07, 6.45) is 3.81. The van der Waals surface area contributed by atoms with E-state index in [0.717, 1.165) is 11.1 Å². The van der Waals surface area contributed by atoms with Gasteiger partial charge in [0.1, 0.15) is 12.6 Å². The molecule has 1 aromatic carbocycles. The molecule has 1 heterocycles. The van der Waals surface area contributed by atoms with E-state index in [0.29, 0.717) is 25.3 Å². The first-order valence-corrected chi connectivity index (χ1v) is 9.76. The van der Waals surface area contributed by atoms with Crippen molar-refractivity contribution >= 4 is 12.1 Å². The van der Waals surface area contributed by atoms with Crippen molar-refractivity contribution in [3.63, 3.8) is 0 Å². The molecule has 0 bridgehead atoms. The first-order chi connectivity index (χ1) is 13.9. The highest BCUT2D eigenvalue weighted by Crippen LogP contribution is 2.07.